The maximum absolute atomic E-state index is 12.9. The van der Waals surface area contributed by atoms with Crippen molar-refractivity contribution in [3.8, 4) is 0 Å². The van der Waals surface area contributed by atoms with E-state index in [2.05, 4.69) is 5.32 Å². The molecule has 7 nitrogen and oxygen atoms in total. The van der Waals surface area contributed by atoms with E-state index in [1.165, 1.54) is 10.4 Å². The van der Waals surface area contributed by atoms with Crippen molar-refractivity contribution in [2.75, 3.05) is 18.4 Å². The Hall–Kier alpha value is -2.71. The smallest absolute Gasteiger partial charge is 0.339 e. The van der Waals surface area contributed by atoms with Crippen LogP contribution in [0.1, 0.15) is 35.3 Å². The van der Waals surface area contributed by atoms with Gasteiger partial charge in [0.25, 0.3) is 5.91 Å². The molecular weight excluding hydrogens is 392 g/mol. The van der Waals surface area contributed by atoms with Crippen LogP contribution in [0.4, 0.5) is 5.69 Å². The van der Waals surface area contributed by atoms with Gasteiger partial charge in [0, 0.05) is 25.2 Å². The van der Waals surface area contributed by atoms with E-state index in [0.29, 0.717) is 29.9 Å². The van der Waals surface area contributed by atoms with E-state index >= 15 is 0 Å². The summed E-state index contributed by atoms with van der Waals surface area (Å²) in [5.41, 5.74) is 2.13. The fraction of sp³-hybridized carbons (Fsp3) is 0.333. The number of aryl methyl sites for hydroxylation is 1. The van der Waals surface area contributed by atoms with Crippen molar-refractivity contribution in [3.05, 3.63) is 59.2 Å². The number of rotatable bonds is 6. The van der Waals surface area contributed by atoms with Crippen molar-refractivity contribution in [2.24, 2.45) is 0 Å². The minimum Gasteiger partial charge on any atom is -0.448 e. The van der Waals surface area contributed by atoms with Gasteiger partial charge in [-0.05, 0) is 36.2 Å². The first-order valence-corrected chi connectivity index (χ1v) is 10.9. The van der Waals surface area contributed by atoms with Gasteiger partial charge in [0.15, 0.2) is 6.10 Å². The number of carbonyl (C=O) groups is 2. The van der Waals surface area contributed by atoms with Gasteiger partial charge in [-0.2, -0.15) is 4.31 Å². The van der Waals surface area contributed by atoms with E-state index in [9.17, 15) is 18.0 Å². The molecule has 1 heterocycles. The second-order valence-corrected chi connectivity index (χ2v) is 8.72. The molecule has 8 heteroatoms. The molecular formula is C21H24N2O5S. The monoisotopic (exact) mass is 416 g/mol. The average molecular weight is 416 g/mol. The second-order valence-electron chi connectivity index (χ2n) is 6.81. The van der Waals surface area contributed by atoms with Gasteiger partial charge in [-0.1, -0.05) is 38.1 Å². The maximum Gasteiger partial charge on any atom is 0.339 e. The van der Waals surface area contributed by atoms with Crippen LogP contribution >= 0.6 is 0 Å². The number of benzene rings is 2. The minimum atomic E-state index is -3.67. The average Bonchev–Trinajstić information content (AvgIpc) is 2.70. The summed E-state index contributed by atoms with van der Waals surface area (Å²) in [4.78, 5) is 24.9. The van der Waals surface area contributed by atoms with Gasteiger partial charge in [0.1, 0.15) is 0 Å². The molecule has 154 valence electrons. The zero-order chi connectivity index (χ0) is 21.2. The quantitative estimate of drug-likeness (QED) is 0.731. The predicted molar refractivity (Wildman–Crippen MR) is 109 cm³/mol. The lowest BCUT2D eigenvalue weighted by atomic mass is 9.98. The van der Waals surface area contributed by atoms with Crippen LogP contribution in [0.25, 0.3) is 0 Å². The molecule has 1 amide bonds. The number of nitrogens with zero attached hydrogens (tertiary/aromatic N) is 1. The Morgan fingerprint density at radius 2 is 1.86 bits per heavy atom. The molecule has 0 aliphatic carbocycles. The van der Waals surface area contributed by atoms with E-state index in [4.69, 9.17) is 4.74 Å². The molecule has 0 fully saturated rings. The number of amides is 1. The SMILES string of the molecule is CCN(CC)S(=O)(=O)c1cc(NC(=O)C2Cc3ccccc3C(=O)O2)ccc1C. The van der Waals surface area contributed by atoms with Gasteiger partial charge in [-0.15, -0.1) is 0 Å². The van der Waals surface area contributed by atoms with Gasteiger partial charge in [0.2, 0.25) is 10.0 Å². The molecule has 3 rings (SSSR count). The van der Waals surface area contributed by atoms with Gasteiger partial charge in [-0.25, -0.2) is 13.2 Å². The van der Waals surface area contributed by atoms with Gasteiger partial charge in [-0.3, -0.25) is 4.79 Å². The number of ether oxygens (including phenoxy) is 1. The van der Waals surface area contributed by atoms with Crippen molar-refractivity contribution >= 4 is 27.6 Å². The van der Waals surface area contributed by atoms with Gasteiger partial charge < -0.3 is 10.1 Å². The van der Waals surface area contributed by atoms with Crippen LogP contribution in [0.5, 0.6) is 0 Å². The number of nitrogens with one attached hydrogen (secondary N) is 1. The zero-order valence-corrected chi connectivity index (χ0v) is 17.5. The van der Waals surface area contributed by atoms with E-state index in [1.54, 1.807) is 57.2 Å². The van der Waals surface area contributed by atoms with Crippen molar-refractivity contribution in [2.45, 2.75) is 38.2 Å². The van der Waals surface area contributed by atoms with E-state index < -0.39 is 28.0 Å². The molecule has 0 bridgehead atoms. The van der Waals surface area contributed by atoms with Crippen LogP contribution in [0.15, 0.2) is 47.4 Å². The Morgan fingerprint density at radius 1 is 1.17 bits per heavy atom. The Labute approximate surface area is 170 Å². The second kappa shape index (κ2) is 8.34. The normalized spacial score (nSPS) is 16.3. The molecule has 1 unspecified atom stereocenters. The highest BCUT2D eigenvalue weighted by molar-refractivity contribution is 7.89. The van der Waals surface area contributed by atoms with Crippen LogP contribution in [0.2, 0.25) is 0 Å². The summed E-state index contributed by atoms with van der Waals surface area (Å²) >= 11 is 0. The fourth-order valence-corrected chi connectivity index (χ4v) is 5.07. The highest BCUT2D eigenvalue weighted by Crippen LogP contribution is 2.25. The number of cyclic esters (lactones) is 1. The minimum absolute atomic E-state index is 0.144. The molecule has 2 aromatic rings. The topological polar surface area (TPSA) is 92.8 Å². The van der Waals surface area contributed by atoms with E-state index in [1.807, 2.05) is 0 Å². The molecule has 0 spiro atoms. The summed E-state index contributed by atoms with van der Waals surface area (Å²) in [5.74, 6) is -1.04. The van der Waals surface area contributed by atoms with Crippen molar-refractivity contribution in [3.63, 3.8) is 0 Å². The molecule has 1 aliphatic heterocycles. The molecule has 0 saturated carbocycles. The standard InChI is InChI=1S/C21H24N2O5S/c1-4-23(5-2)29(26,27)19-13-16(11-10-14(19)3)22-20(24)18-12-15-8-6-7-9-17(15)21(25)28-18/h6-11,13,18H,4-5,12H2,1-3H3,(H,22,24). The summed E-state index contributed by atoms with van der Waals surface area (Å²) < 4.78 is 32.4. The van der Waals surface area contributed by atoms with Crippen molar-refractivity contribution < 1.29 is 22.7 Å². The first kappa shape index (κ1) is 21.0. The number of fused-ring (bicyclic) bond motifs is 1. The summed E-state index contributed by atoms with van der Waals surface area (Å²) in [6.45, 7) is 5.97. The lowest BCUT2D eigenvalue weighted by Gasteiger charge is -2.24. The lowest BCUT2D eigenvalue weighted by Crippen LogP contribution is -2.38. The van der Waals surface area contributed by atoms with E-state index in [-0.39, 0.29) is 11.3 Å². The summed E-state index contributed by atoms with van der Waals surface area (Å²) in [7, 11) is -3.67. The molecule has 0 aromatic heterocycles. The van der Waals surface area contributed by atoms with Crippen LogP contribution in [0, 0.1) is 6.92 Å². The number of esters is 1. The molecule has 0 saturated heterocycles. The third-order valence-electron chi connectivity index (χ3n) is 4.96. The third kappa shape index (κ3) is 4.18. The molecule has 1 N–H and O–H groups in total. The number of anilines is 1. The summed E-state index contributed by atoms with van der Waals surface area (Å²) in [5, 5.41) is 2.68. The highest BCUT2D eigenvalue weighted by atomic mass is 32.2. The fourth-order valence-electron chi connectivity index (χ4n) is 3.36. The van der Waals surface area contributed by atoms with Crippen LogP contribution in [-0.4, -0.2) is 43.8 Å². The van der Waals surface area contributed by atoms with Gasteiger partial charge in [0.05, 0.1) is 10.5 Å². The first-order chi connectivity index (χ1) is 13.8. The van der Waals surface area contributed by atoms with Crippen LogP contribution in [-0.2, 0) is 26.0 Å². The number of carbonyl (C=O) groups excluding carboxylic acids is 2. The van der Waals surface area contributed by atoms with Crippen LogP contribution < -0.4 is 5.32 Å². The van der Waals surface area contributed by atoms with E-state index in [0.717, 1.165) is 5.56 Å². The molecule has 1 atom stereocenters. The van der Waals surface area contributed by atoms with Gasteiger partial charge >= 0.3 is 5.97 Å². The molecule has 1 aliphatic rings. The maximum atomic E-state index is 12.9. The lowest BCUT2D eigenvalue weighted by molar-refractivity contribution is -0.125. The number of hydrogen-bond acceptors (Lipinski definition) is 5. The Bertz CT molecular complexity index is 1040. The molecule has 0 radical (unpaired) electrons. The summed E-state index contributed by atoms with van der Waals surface area (Å²) in [6.07, 6.45) is -0.703. The van der Waals surface area contributed by atoms with Crippen molar-refractivity contribution in [1.29, 1.82) is 0 Å². The Kier molecular flexibility index (Phi) is 6.04. The molecule has 29 heavy (non-hydrogen) atoms. The summed E-state index contributed by atoms with van der Waals surface area (Å²) in [6, 6.07) is 11.7. The van der Waals surface area contributed by atoms with Crippen molar-refractivity contribution in [1.82, 2.24) is 4.31 Å². The molecule has 2 aromatic carbocycles. The Morgan fingerprint density at radius 3 is 2.55 bits per heavy atom. The highest BCUT2D eigenvalue weighted by Gasteiger charge is 2.31. The predicted octanol–water partition coefficient (Wildman–Crippen LogP) is 2.75. The third-order valence-corrected chi connectivity index (χ3v) is 7.16. The van der Waals surface area contributed by atoms with Crippen LogP contribution in [0.3, 0.4) is 0 Å². The Balaban J connectivity index is 1.83. The first-order valence-electron chi connectivity index (χ1n) is 9.48. The zero-order valence-electron chi connectivity index (χ0n) is 16.6. The number of sulfonamides is 1. The number of hydrogen-bond donors (Lipinski definition) is 1. The largest absolute Gasteiger partial charge is 0.448 e.